The maximum Gasteiger partial charge on any atom is 0.401 e. The second kappa shape index (κ2) is 13.2. The number of likely N-dealkylation sites (N-methyl/N-ethyl adjacent to an activating group) is 1. The van der Waals surface area contributed by atoms with Crippen LogP contribution >= 0.6 is 0 Å². The van der Waals surface area contributed by atoms with E-state index in [0.29, 0.717) is 25.6 Å². The van der Waals surface area contributed by atoms with Crippen LogP contribution in [0.2, 0.25) is 0 Å². The zero-order chi connectivity index (χ0) is 20.1. The normalized spacial score (nSPS) is 17.5. The molecule has 0 aliphatic carbocycles. The summed E-state index contributed by atoms with van der Waals surface area (Å²) in [4.78, 5) is 8.56. The first-order chi connectivity index (χ1) is 12.9. The molecule has 1 rings (SSSR count). The molecule has 160 valence electrons. The Labute approximate surface area is 162 Å². The van der Waals surface area contributed by atoms with E-state index in [0.717, 1.165) is 64.4 Å². The minimum absolute atomic E-state index is 0.473. The van der Waals surface area contributed by atoms with Gasteiger partial charge in [-0.1, -0.05) is 13.8 Å². The molecule has 0 atom stereocenters. The second-order valence-electron chi connectivity index (χ2n) is 7.25. The van der Waals surface area contributed by atoms with Gasteiger partial charge in [-0.15, -0.1) is 0 Å². The first-order valence-electron chi connectivity index (χ1n) is 10.4. The standard InChI is InChI=1S/C19H38F3N5/c1-4-12-26(6-3)15-11-25-18(23-5-2)24-10-7-17-8-13-27(14-9-17)16-19(20,21)22/h17H,4-16H2,1-3H3,(H2,23,24,25). The average Bonchev–Trinajstić information content (AvgIpc) is 2.61. The molecule has 0 saturated carbocycles. The summed E-state index contributed by atoms with van der Waals surface area (Å²) in [6.45, 7) is 12.2. The largest absolute Gasteiger partial charge is 0.401 e. The van der Waals surface area contributed by atoms with Crippen molar-refractivity contribution < 1.29 is 13.2 Å². The zero-order valence-electron chi connectivity index (χ0n) is 17.2. The number of alkyl halides is 3. The Morgan fingerprint density at radius 1 is 1.11 bits per heavy atom. The number of nitrogens with zero attached hydrogens (tertiary/aromatic N) is 3. The third-order valence-corrected chi connectivity index (χ3v) is 4.97. The molecule has 0 aromatic heterocycles. The molecule has 2 N–H and O–H groups in total. The van der Waals surface area contributed by atoms with E-state index in [-0.39, 0.29) is 0 Å². The van der Waals surface area contributed by atoms with Crippen LogP contribution in [0.25, 0.3) is 0 Å². The van der Waals surface area contributed by atoms with Crippen LogP contribution < -0.4 is 10.6 Å². The van der Waals surface area contributed by atoms with Crippen LogP contribution in [0.5, 0.6) is 0 Å². The lowest BCUT2D eigenvalue weighted by atomic mass is 9.93. The van der Waals surface area contributed by atoms with Gasteiger partial charge in [0.25, 0.3) is 0 Å². The van der Waals surface area contributed by atoms with Crippen molar-refractivity contribution >= 4 is 5.96 Å². The summed E-state index contributed by atoms with van der Waals surface area (Å²) in [7, 11) is 0. The highest BCUT2D eigenvalue weighted by Gasteiger charge is 2.32. The van der Waals surface area contributed by atoms with E-state index in [2.05, 4.69) is 34.4 Å². The molecular weight excluding hydrogens is 355 g/mol. The lowest BCUT2D eigenvalue weighted by Crippen LogP contribution is -2.42. The van der Waals surface area contributed by atoms with Crippen molar-refractivity contribution in [3.05, 3.63) is 0 Å². The van der Waals surface area contributed by atoms with E-state index in [1.54, 1.807) is 0 Å². The van der Waals surface area contributed by atoms with Gasteiger partial charge in [-0.2, -0.15) is 13.2 Å². The van der Waals surface area contributed by atoms with Gasteiger partial charge in [0, 0.05) is 26.2 Å². The molecule has 0 spiro atoms. The molecule has 0 bridgehead atoms. The highest BCUT2D eigenvalue weighted by Crippen LogP contribution is 2.24. The summed E-state index contributed by atoms with van der Waals surface area (Å²) in [5, 5.41) is 6.64. The molecule has 27 heavy (non-hydrogen) atoms. The Balaban J connectivity index is 2.29. The minimum atomic E-state index is -4.09. The summed E-state index contributed by atoms with van der Waals surface area (Å²) in [6, 6.07) is 0. The Hall–Kier alpha value is -1.02. The Morgan fingerprint density at radius 2 is 1.81 bits per heavy atom. The van der Waals surface area contributed by atoms with E-state index in [9.17, 15) is 13.2 Å². The van der Waals surface area contributed by atoms with E-state index >= 15 is 0 Å². The van der Waals surface area contributed by atoms with E-state index in [4.69, 9.17) is 0 Å². The summed E-state index contributed by atoms with van der Waals surface area (Å²) in [5.74, 6) is 1.31. The predicted octanol–water partition coefficient (Wildman–Crippen LogP) is 2.94. The van der Waals surface area contributed by atoms with E-state index in [1.165, 1.54) is 4.90 Å². The van der Waals surface area contributed by atoms with Gasteiger partial charge >= 0.3 is 6.18 Å². The fourth-order valence-corrected chi connectivity index (χ4v) is 3.46. The minimum Gasteiger partial charge on any atom is -0.357 e. The molecule has 0 amide bonds. The Morgan fingerprint density at radius 3 is 2.37 bits per heavy atom. The number of piperidine rings is 1. The third kappa shape index (κ3) is 11.4. The monoisotopic (exact) mass is 393 g/mol. The average molecular weight is 394 g/mol. The highest BCUT2D eigenvalue weighted by molar-refractivity contribution is 5.79. The van der Waals surface area contributed by atoms with Crippen molar-refractivity contribution in [3.63, 3.8) is 0 Å². The molecule has 5 nitrogen and oxygen atoms in total. The highest BCUT2D eigenvalue weighted by atomic mass is 19.4. The van der Waals surface area contributed by atoms with Gasteiger partial charge in [0.05, 0.1) is 6.54 Å². The fraction of sp³-hybridized carbons (Fsp3) is 0.947. The topological polar surface area (TPSA) is 42.9 Å². The molecule has 1 aliphatic rings. The number of halogens is 3. The lowest BCUT2D eigenvalue weighted by molar-refractivity contribution is -0.148. The van der Waals surface area contributed by atoms with E-state index in [1.807, 2.05) is 6.92 Å². The molecule has 1 saturated heterocycles. The second-order valence-corrected chi connectivity index (χ2v) is 7.25. The predicted molar refractivity (Wildman–Crippen MR) is 106 cm³/mol. The molecule has 0 aromatic rings. The van der Waals surface area contributed by atoms with Gasteiger partial charge in [0.1, 0.15) is 0 Å². The number of hydrogen-bond donors (Lipinski definition) is 2. The number of rotatable bonds is 11. The van der Waals surface area contributed by atoms with Crippen LogP contribution in [0.3, 0.4) is 0 Å². The summed E-state index contributed by atoms with van der Waals surface area (Å²) < 4.78 is 37.3. The van der Waals surface area contributed by atoms with Crippen molar-refractivity contribution in [1.29, 1.82) is 0 Å². The number of guanidine groups is 1. The Bertz CT molecular complexity index is 407. The molecule has 0 unspecified atom stereocenters. The zero-order valence-corrected chi connectivity index (χ0v) is 17.2. The van der Waals surface area contributed by atoms with Crippen LogP contribution in [-0.4, -0.2) is 80.8 Å². The smallest absolute Gasteiger partial charge is 0.357 e. The molecule has 1 aliphatic heterocycles. The first kappa shape index (κ1) is 24.0. The maximum absolute atomic E-state index is 12.4. The van der Waals surface area contributed by atoms with Crippen LogP contribution in [0, 0.1) is 5.92 Å². The lowest BCUT2D eigenvalue weighted by Gasteiger charge is -2.32. The van der Waals surface area contributed by atoms with Crippen LogP contribution in [0.15, 0.2) is 4.99 Å². The van der Waals surface area contributed by atoms with Crippen LogP contribution in [0.4, 0.5) is 13.2 Å². The van der Waals surface area contributed by atoms with Gasteiger partial charge < -0.3 is 15.5 Å². The maximum atomic E-state index is 12.4. The van der Waals surface area contributed by atoms with Gasteiger partial charge in [0.2, 0.25) is 0 Å². The van der Waals surface area contributed by atoms with Gasteiger partial charge in [-0.25, -0.2) is 0 Å². The van der Waals surface area contributed by atoms with Gasteiger partial charge in [-0.05, 0) is 64.7 Å². The van der Waals surface area contributed by atoms with Crippen LogP contribution in [0.1, 0.15) is 46.5 Å². The van der Waals surface area contributed by atoms with Crippen molar-refractivity contribution in [2.75, 3.05) is 58.9 Å². The number of likely N-dealkylation sites (tertiary alicyclic amines) is 1. The molecule has 1 heterocycles. The van der Waals surface area contributed by atoms with Crippen molar-refractivity contribution in [2.24, 2.45) is 10.9 Å². The quantitative estimate of drug-likeness (QED) is 0.418. The van der Waals surface area contributed by atoms with Crippen molar-refractivity contribution in [1.82, 2.24) is 20.4 Å². The SMILES string of the molecule is CCCN(CC)CCNC(=NCCC1CCN(CC(F)(F)F)CC1)NCC. The van der Waals surface area contributed by atoms with Gasteiger partial charge in [0.15, 0.2) is 5.96 Å². The third-order valence-electron chi connectivity index (χ3n) is 4.97. The molecule has 1 fully saturated rings. The molecule has 0 aromatic carbocycles. The summed E-state index contributed by atoms with van der Waals surface area (Å²) in [6.07, 6.45) is -0.332. The number of nitrogens with one attached hydrogen (secondary N) is 2. The number of aliphatic imine (C=N–C) groups is 1. The number of hydrogen-bond acceptors (Lipinski definition) is 3. The van der Waals surface area contributed by atoms with E-state index < -0.39 is 12.7 Å². The van der Waals surface area contributed by atoms with Gasteiger partial charge in [-0.3, -0.25) is 9.89 Å². The van der Waals surface area contributed by atoms with Crippen molar-refractivity contribution in [2.45, 2.75) is 52.6 Å². The fourth-order valence-electron chi connectivity index (χ4n) is 3.46. The Kier molecular flexibility index (Phi) is 11.7. The molecule has 0 radical (unpaired) electrons. The molecule has 8 heteroatoms. The summed E-state index contributed by atoms with van der Waals surface area (Å²) in [5.41, 5.74) is 0. The summed E-state index contributed by atoms with van der Waals surface area (Å²) >= 11 is 0. The molecular formula is C19H38F3N5. The van der Waals surface area contributed by atoms with Crippen LogP contribution in [-0.2, 0) is 0 Å². The van der Waals surface area contributed by atoms with Crippen molar-refractivity contribution in [3.8, 4) is 0 Å². The first-order valence-corrected chi connectivity index (χ1v) is 10.4.